The minimum absolute atomic E-state index is 0.101. The van der Waals surface area contributed by atoms with E-state index in [4.69, 9.17) is 11.6 Å². The predicted octanol–water partition coefficient (Wildman–Crippen LogP) is 4.00. The van der Waals surface area contributed by atoms with Gasteiger partial charge in [-0.05, 0) is 31.0 Å². The molecule has 0 atom stereocenters. The van der Waals surface area contributed by atoms with Crippen LogP contribution in [0.1, 0.15) is 32.6 Å². The number of nitrogens with one attached hydrogen (secondary N) is 1. The molecule has 1 N–H and O–H groups in total. The van der Waals surface area contributed by atoms with E-state index >= 15 is 0 Å². The van der Waals surface area contributed by atoms with Crippen LogP contribution in [0.4, 0.5) is 10.1 Å². The molecule has 0 spiro atoms. The first kappa shape index (κ1) is 12.4. The third-order valence-corrected chi connectivity index (χ3v) is 3.67. The van der Waals surface area contributed by atoms with Crippen LogP contribution in [0, 0.1) is 11.2 Å². The molecule has 1 aliphatic rings. The molecule has 1 fully saturated rings. The van der Waals surface area contributed by atoms with Crippen molar-refractivity contribution in [3.8, 4) is 0 Å². The standard InChI is InChI=1S/C13H15ClFNO/c1-13(6-2-3-7-13)12(17)16-11-5-4-9(14)8-10(11)15/h4-5,8H,2-3,6-7H2,1H3,(H,16,17). The monoisotopic (exact) mass is 255 g/mol. The van der Waals surface area contributed by atoms with E-state index in [0.717, 1.165) is 25.7 Å². The predicted molar refractivity (Wildman–Crippen MR) is 66.6 cm³/mol. The van der Waals surface area contributed by atoms with Gasteiger partial charge in [-0.25, -0.2) is 4.39 Å². The van der Waals surface area contributed by atoms with Gasteiger partial charge >= 0.3 is 0 Å². The van der Waals surface area contributed by atoms with Gasteiger partial charge in [0.15, 0.2) is 0 Å². The van der Waals surface area contributed by atoms with Gasteiger partial charge in [-0.1, -0.05) is 31.4 Å². The van der Waals surface area contributed by atoms with Crippen LogP contribution in [0.25, 0.3) is 0 Å². The van der Waals surface area contributed by atoms with E-state index in [1.165, 1.54) is 12.1 Å². The van der Waals surface area contributed by atoms with Crippen molar-refractivity contribution in [3.63, 3.8) is 0 Å². The number of hydrogen-bond donors (Lipinski definition) is 1. The lowest BCUT2D eigenvalue weighted by Crippen LogP contribution is -2.31. The first-order valence-corrected chi connectivity index (χ1v) is 6.16. The summed E-state index contributed by atoms with van der Waals surface area (Å²) in [7, 11) is 0. The third-order valence-electron chi connectivity index (χ3n) is 3.43. The summed E-state index contributed by atoms with van der Waals surface area (Å²) in [5, 5.41) is 2.97. The molecule has 0 unspecified atom stereocenters. The fraction of sp³-hybridized carbons (Fsp3) is 0.462. The van der Waals surface area contributed by atoms with Crippen molar-refractivity contribution >= 4 is 23.2 Å². The van der Waals surface area contributed by atoms with Gasteiger partial charge in [0.25, 0.3) is 0 Å². The molecule has 0 saturated heterocycles. The minimum atomic E-state index is -0.493. The molecule has 0 heterocycles. The second kappa shape index (κ2) is 4.65. The van der Waals surface area contributed by atoms with Crippen LogP contribution >= 0.6 is 11.6 Å². The van der Waals surface area contributed by atoms with E-state index in [-0.39, 0.29) is 17.0 Å². The van der Waals surface area contributed by atoms with Crippen LogP contribution in [0.2, 0.25) is 5.02 Å². The Labute approximate surface area is 105 Å². The number of anilines is 1. The summed E-state index contributed by atoms with van der Waals surface area (Å²) in [6.07, 6.45) is 3.86. The van der Waals surface area contributed by atoms with Crippen LogP contribution in [0.3, 0.4) is 0 Å². The average molecular weight is 256 g/mol. The van der Waals surface area contributed by atoms with Gasteiger partial charge in [-0.3, -0.25) is 4.79 Å². The molecule has 0 aromatic heterocycles. The Hall–Kier alpha value is -1.09. The number of carbonyl (C=O) groups excluding carboxylic acids is 1. The van der Waals surface area contributed by atoms with Gasteiger partial charge in [0, 0.05) is 10.4 Å². The highest BCUT2D eigenvalue weighted by atomic mass is 35.5. The molecule has 0 radical (unpaired) electrons. The molecule has 1 aromatic carbocycles. The molecule has 0 bridgehead atoms. The van der Waals surface area contributed by atoms with Crippen LogP contribution in [0.15, 0.2) is 18.2 Å². The maximum atomic E-state index is 13.5. The molecule has 2 nitrogen and oxygen atoms in total. The summed E-state index contributed by atoms with van der Waals surface area (Å²) in [4.78, 5) is 12.1. The van der Waals surface area contributed by atoms with E-state index in [0.29, 0.717) is 5.02 Å². The normalized spacial score (nSPS) is 18.1. The smallest absolute Gasteiger partial charge is 0.230 e. The second-order valence-corrected chi connectivity index (χ2v) is 5.28. The highest BCUT2D eigenvalue weighted by molar-refractivity contribution is 6.30. The summed E-state index contributed by atoms with van der Waals surface area (Å²) in [6, 6.07) is 4.26. The van der Waals surface area contributed by atoms with E-state index in [9.17, 15) is 9.18 Å². The van der Waals surface area contributed by atoms with Crippen molar-refractivity contribution in [1.82, 2.24) is 0 Å². The zero-order chi connectivity index (χ0) is 12.5. The maximum absolute atomic E-state index is 13.5. The van der Waals surface area contributed by atoms with E-state index in [2.05, 4.69) is 5.32 Å². The Morgan fingerprint density at radius 1 is 1.41 bits per heavy atom. The first-order valence-electron chi connectivity index (χ1n) is 5.78. The third kappa shape index (κ3) is 2.60. The van der Waals surface area contributed by atoms with Crippen molar-refractivity contribution in [2.45, 2.75) is 32.6 Å². The molecule has 0 aliphatic heterocycles. The summed E-state index contributed by atoms with van der Waals surface area (Å²) in [5.74, 6) is -0.594. The molecule has 1 aliphatic carbocycles. The molecular weight excluding hydrogens is 241 g/mol. The number of hydrogen-bond acceptors (Lipinski definition) is 1. The summed E-state index contributed by atoms with van der Waals surface area (Å²) in [6.45, 7) is 1.93. The Morgan fingerprint density at radius 2 is 2.06 bits per heavy atom. The number of rotatable bonds is 2. The second-order valence-electron chi connectivity index (χ2n) is 4.85. The molecule has 17 heavy (non-hydrogen) atoms. The Kier molecular flexibility index (Phi) is 3.38. The van der Waals surface area contributed by atoms with Crippen LogP contribution in [-0.2, 0) is 4.79 Å². The van der Waals surface area contributed by atoms with Crippen molar-refractivity contribution in [2.24, 2.45) is 5.41 Å². The Morgan fingerprint density at radius 3 is 2.65 bits per heavy atom. The van der Waals surface area contributed by atoms with Crippen molar-refractivity contribution in [1.29, 1.82) is 0 Å². The molecule has 92 valence electrons. The lowest BCUT2D eigenvalue weighted by Gasteiger charge is -2.22. The fourth-order valence-electron chi connectivity index (χ4n) is 2.25. The van der Waals surface area contributed by atoms with Crippen molar-refractivity contribution in [2.75, 3.05) is 5.32 Å². The van der Waals surface area contributed by atoms with Crippen molar-refractivity contribution < 1.29 is 9.18 Å². The lowest BCUT2D eigenvalue weighted by atomic mass is 9.88. The quantitative estimate of drug-likeness (QED) is 0.850. The number of amides is 1. The van der Waals surface area contributed by atoms with E-state index in [1.807, 2.05) is 6.92 Å². The average Bonchev–Trinajstić information content (AvgIpc) is 2.71. The highest BCUT2D eigenvalue weighted by Crippen LogP contribution is 2.38. The fourth-order valence-corrected chi connectivity index (χ4v) is 2.41. The maximum Gasteiger partial charge on any atom is 0.230 e. The van der Waals surface area contributed by atoms with Gasteiger partial charge in [-0.2, -0.15) is 0 Å². The number of carbonyl (C=O) groups is 1. The van der Waals surface area contributed by atoms with Gasteiger partial charge in [0.05, 0.1) is 5.69 Å². The largest absolute Gasteiger partial charge is 0.323 e. The molecule has 4 heteroatoms. The summed E-state index contributed by atoms with van der Waals surface area (Å²) in [5.41, 5.74) is -0.154. The zero-order valence-corrected chi connectivity index (χ0v) is 10.5. The van der Waals surface area contributed by atoms with Crippen LogP contribution in [-0.4, -0.2) is 5.91 Å². The molecule has 2 rings (SSSR count). The van der Waals surface area contributed by atoms with Gasteiger partial charge in [-0.15, -0.1) is 0 Å². The van der Waals surface area contributed by atoms with Gasteiger partial charge in [0.1, 0.15) is 5.82 Å². The molecular formula is C13H15ClFNO. The SMILES string of the molecule is CC1(C(=O)Nc2ccc(Cl)cc2F)CCCC1. The minimum Gasteiger partial charge on any atom is -0.323 e. The topological polar surface area (TPSA) is 29.1 Å². The van der Waals surface area contributed by atoms with Gasteiger partial charge < -0.3 is 5.32 Å². The lowest BCUT2D eigenvalue weighted by molar-refractivity contribution is -0.124. The van der Waals surface area contributed by atoms with E-state index in [1.54, 1.807) is 6.07 Å². The van der Waals surface area contributed by atoms with Crippen LogP contribution in [0.5, 0.6) is 0 Å². The number of benzene rings is 1. The molecule has 1 amide bonds. The first-order chi connectivity index (χ1) is 8.01. The summed E-state index contributed by atoms with van der Waals surface area (Å²) >= 11 is 5.66. The Bertz CT molecular complexity index is 441. The van der Waals surface area contributed by atoms with E-state index < -0.39 is 5.82 Å². The van der Waals surface area contributed by atoms with Crippen LogP contribution < -0.4 is 5.32 Å². The van der Waals surface area contributed by atoms with Gasteiger partial charge in [0.2, 0.25) is 5.91 Å². The Balaban J connectivity index is 2.13. The zero-order valence-electron chi connectivity index (χ0n) is 9.72. The van der Waals surface area contributed by atoms with Crippen molar-refractivity contribution in [3.05, 3.63) is 29.0 Å². The molecule has 1 aromatic rings. The molecule has 1 saturated carbocycles. The number of halogens is 2. The summed E-state index contributed by atoms with van der Waals surface area (Å²) < 4.78 is 13.5. The highest BCUT2D eigenvalue weighted by Gasteiger charge is 2.36.